The molecule has 0 atom stereocenters. The van der Waals surface area contributed by atoms with Crippen LogP contribution in [0.15, 0.2) is 51.2 Å². The van der Waals surface area contributed by atoms with Crippen molar-refractivity contribution in [3.05, 3.63) is 61.5 Å². The van der Waals surface area contributed by atoms with Crippen molar-refractivity contribution >= 4 is 44.0 Å². The summed E-state index contributed by atoms with van der Waals surface area (Å²) in [7, 11) is 0. The van der Waals surface area contributed by atoms with Crippen LogP contribution in [0.4, 0.5) is 0 Å². The van der Waals surface area contributed by atoms with E-state index in [2.05, 4.69) is 21.0 Å². The average molecular weight is 349 g/mol. The van der Waals surface area contributed by atoms with Crippen LogP contribution in [0.25, 0.3) is 10.9 Å². The van der Waals surface area contributed by atoms with Crippen molar-refractivity contribution in [1.29, 1.82) is 0 Å². The minimum Gasteiger partial charge on any atom is -0.291 e. The van der Waals surface area contributed by atoms with Crippen LogP contribution in [0.1, 0.15) is 9.67 Å². The predicted octanol–water partition coefficient (Wildman–Crippen LogP) is 3.10. The Kier molecular flexibility index (Phi) is 3.50. The summed E-state index contributed by atoms with van der Waals surface area (Å²) in [6.07, 6.45) is 1.25. The summed E-state index contributed by atoms with van der Waals surface area (Å²) in [5.74, 6) is -0.0341. The number of fused-ring (bicyclic) bond motifs is 1. The molecule has 20 heavy (non-hydrogen) atoms. The van der Waals surface area contributed by atoms with E-state index in [1.165, 1.54) is 17.5 Å². The highest BCUT2D eigenvalue weighted by Crippen LogP contribution is 2.23. The van der Waals surface area contributed by atoms with Gasteiger partial charge in [0.2, 0.25) is 5.43 Å². The van der Waals surface area contributed by atoms with Crippen molar-refractivity contribution in [2.45, 2.75) is 6.54 Å². The van der Waals surface area contributed by atoms with Crippen LogP contribution in [0.5, 0.6) is 0 Å². The third-order valence-corrected chi connectivity index (χ3v) is 4.80. The van der Waals surface area contributed by atoms with Gasteiger partial charge in [-0.1, -0.05) is 12.1 Å². The molecular weight excluding hydrogens is 340 g/mol. The first kappa shape index (κ1) is 13.2. The van der Waals surface area contributed by atoms with Crippen LogP contribution in [0.2, 0.25) is 0 Å². The summed E-state index contributed by atoms with van der Waals surface area (Å²) >= 11 is 4.74. The van der Waals surface area contributed by atoms with E-state index in [9.17, 15) is 9.59 Å². The lowest BCUT2D eigenvalue weighted by atomic mass is 10.2. The van der Waals surface area contributed by atoms with Crippen LogP contribution in [-0.4, -0.2) is 15.6 Å². The van der Waals surface area contributed by atoms with Crippen molar-refractivity contribution in [2.75, 3.05) is 0 Å². The molecule has 2 heterocycles. The Bertz CT molecular complexity index is 854. The third-order valence-electron chi connectivity index (χ3n) is 2.93. The molecule has 4 nitrogen and oxygen atoms in total. The van der Waals surface area contributed by atoms with Gasteiger partial charge in [0, 0.05) is 9.86 Å². The summed E-state index contributed by atoms with van der Waals surface area (Å²) in [5, 5.41) is 6.48. The molecular formula is C14H9BrN2O2S. The molecule has 0 aliphatic carbocycles. The Balaban J connectivity index is 2.04. The third kappa shape index (κ3) is 2.32. The number of hydrogen-bond donors (Lipinski definition) is 0. The number of nitrogens with zero attached hydrogens (tertiary/aromatic N) is 2. The van der Waals surface area contributed by atoms with Crippen molar-refractivity contribution in [1.82, 2.24) is 9.78 Å². The van der Waals surface area contributed by atoms with E-state index >= 15 is 0 Å². The molecule has 0 amide bonds. The number of carbonyl (C=O) groups is 1. The van der Waals surface area contributed by atoms with Crippen LogP contribution in [0, 0.1) is 0 Å². The maximum Gasteiger partial charge on any atom is 0.207 e. The molecule has 2 aromatic heterocycles. The van der Waals surface area contributed by atoms with Gasteiger partial charge in [-0.05, 0) is 39.5 Å². The summed E-state index contributed by atoms with van der Waals surface area (Å²) in [6, 6.07) is 8.99. The van der Waals surface area contributed by atoms with E-state index in [4.69, 9.17) is 0 Å². The average Bonchev–Trinajstić information content (AvgIpc) is 2.88. The summed E-state index contributed by atoms with van der Waals surface area (Å²) in [5.41, 5.74) is 0.530. The first-order valence-electron chi connectivity index (χ1n) is 5.88. The molecule has 0 unspecified atom stereocenters. The highest BCUT2D eigenvalue weighted by atomic mass is 79.9. The van der Waals surface area contributed by atoms with E-state index in [1.54, 1.807) is 22.9 Å². The molecule has 6 heteroatoms. The highest BCUT2D eigenvalue weighted by molar-refractivity contribution is 9.10. The molecule has 0 fully saturated rings. The van der Waals surface area contributed by atoms with Gasteiger partial charge in [0.15, 0.2) is 5.78 Å². The number of ketones is 1. The molecule has 0 aliphatic heterocycles. The van der Waals surface area contributed by atoms with Gasteiger partial charge < -0.3 is 0 Å². The van der Waals surface area contributed by atoms with E-state index in [-0.39, 0.29) is 17.8 Å². The van der Waals surface area contributed by atoms with Crippen molar-refractivity contribution in [3.63, 3.8) is 0 Å². The first-order valence-corrected chi connectivity index (χ1v) is 7.55. The number of halogens is 1. The highest BCUT2D eigenvalue weighted by Gasteiger charge is 2.14. The largest absolute Gasteiger partial charge is 0.291 e. The molecule has 0 spiro atoms. The first-order chi connectivity index (χ1) is 9.66. The van der Waals surface area contributed by atoms with E-state index in [0.29, 0.717) is 15.8 Å². The molecule has 0 N–H and O–H groups in total. The number of benzene rings is 1. The Morgan fingerprint density at radius 2 is 2.10 bits per heavy atom. The number of thiophene rings is 1. The lowest BCUT2D eigenvalue weighted by molar-refractivity contribution is 0.0972. The molecule has 0 aliphatic rings. The van der Waals surface area contributed by atoms with Gasteiger partial charge in [-0.15, -0.1) is 11.3 Å². The molecule has 100 valence electrons. The summed E-state index contributed by atoms with van der Waals surface area (Å²) in [4.78, 5) is 24.7. The second-order valence-electron chi connectivity index (χ2n) is 4.20. The minimum atomic E-state index is -0.137. The number of Topliss-reactive ketones (excluding diaryl/α,β-unsaturated/α-hetero) is 1. The van der Waals surface area contributed by atoms with Gasteiger partial charge in [0.05, 0.1) is 16.6 Å². The Morgan fingerprint density at radius 3 is 2.85 bits per heavy atom. The second kappa shape index (κ2) is 5.30. The lowest BCUT2D eigenvalue weighted by Gasteiger charge is -2.07. The zero-order valence-corrected chi connectivity index (χ0v) is 12.6. The van der Waals surface area contributed by atoms with Gasteiger partial charge in [-0.25, -0.2) is 0 Å². The van der Waals surface area contributed by atoms with Gasteiger partial charge in [-0.2, -0.15) is 5.10 Å². The van der Waals surface area contributed by atoms with Crippen LogP contribution >= 0.6 is 27.3 Å². The smallest absolute Gasteiger partial charge is 0.207 e. The van der Waals surface area contributed by atoms with E-state index in [0.717, 1.165) is 4.47 Å². The van der Waals surface area contributed by atoms with E-state index in [1.807, 2.05) is 17.5 Å². The summed E-state index contributed by atoms with van der Waals surface area (Å²) in [6.45, 7) is 0.111. The molecule has 3 rings (SSSR count). The van der Waals surface area contributed by atoms with Crippen molar-refractivity contribution in [2.24, 2.45) is 0 Å². The Labute approximate surface area is 126 Å². The zero-order valence-electron chi connectivity index (χ0n) is 10.2. The molecule has 3 aromatic rings. The minimum absolute atomic E-state index is 0.0341. The fourth-order valence-electron chi connectivity index (χ4n) is 1.99. The standard InChI is InChI=1S/C14H9BrN2O2S/c15-10-5-6-20-14(10)13(19)8-17-11-4-2-1-3-9(11)12(18)7-16-17/h1-7H,8H2. The number of hydrogen-bond acceptors (Lipinski definition) is 4. The van der Waals surface area contributed by atoms with Crippen LogP contribution in [-0.2, 0) is 6.54 Å². The number of carbonyl (C=O) groups excluding carboxylic acids is 1. The molecule has 0 radical (unpaired) electrons. The second-order valence-corrected chi connectivity index (χ2v) is 5.97. The lowest BCUT2D eigenvalue weighted by Crippen LogP contribution is -2.17. The number of aromatic nitrogens is 2. The molecule has 0 saturated carbocycles. The van der Waals surface area contributed by atoms with Gasteiger partial charge in [-0.3, -0.25) is 14.3 Å². The maximum absolute atomic E-state index is 12.3. The topological polar surface area (TPSA) is 52.0 Å². The molecule has 0 saturated heterocycles. The van der Waals surface area contributed by atoms with Crippen molar-refractivity contribution in [3.8, 4) is 0 Å². The maximum atomic E-state index is 12.3. The van der Waals surface area contributed by atoms with E-state index < -0.39 is 0 Å². The van der Waals surface area contributed by atoms with Gasteiger partial charge in [0.25, 0.3) is 0 Å². The Morgan fingerprint density at radius 1 is 1.30 bits per heavy atom. The molecule has 0 bridgehead atoms. The predicted molar refractivity (Wildman–Crippen MR) is 82.4 cm³/mol. The quantitative estimate of drug-likeness (QED) is 0.683. The zero-order chi connectivity index (χ0) is 14.1. The Hall–Kier alpha value is -1.79. The molecule has 1 aromatic carbocycles. The van der Waals surface area contributed by atoms with Gasteiger partial charge >= 0.3 is 0 Å². The fourth-order valence-corrected chi connectivity index (χ4v) is 3.51. The number of rotatable bonds is 3. The monoisotopic (exact) mass is 348 g/mol. The van der Waals surface area contributed by atoms with Crippen LogP contribution < -0.4 is 5.43 Å². The summed E-state index contributed by atoms with van der Waals surface area (Å²) < 4.78 is 2.35. The van der Waals surface area contributed by atoms with Gasteiger partial charge in [0.1, 0.15) is 6.54 Å². The number of para-hydroxylation sites is 1. The SMILES string of the molecule is O=C(Cn1ncc(=O)c2ccccc21)c1sccc1Br. The van der Waals surface area contributed by atoms with Crippen molar-refractivity contribution < 1.29 is 4.79 Å². The normalized spacial score (nSPS) is 10.8. The van der Waals surface area contributed by atoms with Crippen LogP contribution in [0.3, 0.4) is 0 Å². The fraction of sp³-hybridized carbons (Fsp3) is 0.0714.